The second-order valence-corrected chi connectivity index (χ2v) is 6.87. The molecule has 2 aromatic carbocycles. The first-order chi connectivity index (χ1) is 9.89. The molecule has 0 radical (unpaired) electrons. The Morgan fingerprint density at radius 3 is 2.43 bits per heavy atom. The summed E-state index contributed by atoms with van der Waals surface area (Å²) in [4.78, 5) is 0. The third kappa shape index (κ3) is 4.27. The van der Waals surface area contributed by atoms with Crippen LogP contribution in [0.4, 0.5) is 4.39 Å². The summed E-state index contributed by atoms with van der Waals surface area (Å²) in [6, 6.07) is 12.8. The van der Waals surface area contributed by atoms with Crippen LogP contribution in [0.25, 0.3) is 0 Å². The Balaban J connectivity index is 2.16. The minimum atomic E-state index is -3.70. The highest BCUT2D eigenvalue weighted by atomic mass is 35.5. The Hall–Kier alpha value is -1.43. The first-order valence-electron chi connectivity index (χ1n) is 6.37. The average Bonchev–Trinajstić information content (AvgIpc) is 2.43. The van der Waals surface area contributed by atoms with Gasteiger partial charge in [-0.2, -0.15) is 0 Å². The van der Waals surface area contributed by atoms with Gasteiger partial charge in [-0.1, -0.05) is 48.0 Å². The van der Waals surface area contributed by atoms with Crippen molar-refractivity contribution in [3.8, 4) is 0 Å². The van der Waals surface area contributed by atoms with E-state index in [0.717, 1.165) is 5.56 Å². The van der Waals surface area contributed by atoms with E-state index in [0.29, 0.717) is 0 Å². The number of halogens is 2. The van der Waals surface area contributed by atoms with Gasteiger partial charge < -0.3 is 0 Å². The highest BCUT2D eigenvalue weighted by molar-refractivity contribution is 7.88. The number of benzene rings is 2. The van der Waals surface area contributed by atoms with E-state index < -0.39 is 27.6 Å². The Kier molecular flexibility index (Phi) is 4.98. The lowest BCUT2D eigenvalue weighted by Crippen LogP contribution is -2.28. The average molecular weight is 328 g/mol. The van der Waals surface area contributed by atoms with Gasteiger partial charge in [0.05, 0.1) is 5.75 Å². The fourth-order valence-electron chi connectivity index (χ4n) is 1.98. The van der Waals surface area contributed by atoms with Gasteiger partial charge in [0.15, 0.2) is 0 Å². The first kappa shape index (κ1) is 15.9. The minimum Gasteiger partial charge on any atom is -0.212 e. The van der Waals surface area contributed by atoms with E-state index in [2.05, 4.69) is 4.72 Å². The highest BCUT2D eigenvalue weighted by Crippen LogP contribution is 2.22. The second-order valence-electron chi connectivity index (χ2n) is 4.71. The van der Waals surface area contributed by atoms with E-state index >= 15 is 0 Å². The number of hydrogen-bond donors (Lipinski definition) is 1. The molecule has 6 heteroatoms. The molecule has 0 aliphatic heterocycles. The molecular weight excluding hydrogens is 313 g/mol. The van der Waals surface area contributed by atoms with E-state index in [4.69, 9.17) is 11.6 Å². The van der Waals surface area contributed by atoms with Crippen LogP contribution in [-0.2, 0) is 15.8 Å². The summed E-state index contributed by atoms with van der Waals surface area (Å²) < 4.78 is 40.5. The van der Waals surface area contributed by atoms with Crippen molar-refractivity contribution in [1.82, 2.24) is 4.72 Å². The quantitative estimate of drug-likeness (QED) is 0.911. The lowest BCUT2D eigenvalue weighted by molar-refractivity contribution is 0.561. The molecule has 21 heavy (non-hydrogen) atoms. The molecule has 0 aliphatic rings. The van der Waals surface area contributed by atoms with E-state index in [1.807, 2.05) is 30.3 Å². The van der Waals surface area contributed by atoms with Crippen molar-refractivity contribution in [1.29, 1.82) is 0 Å². The third-order valence-electron chi connectivity index (χ3n) is 3.05. The summed E-state index contributed by atoms with van der Waals surface area (Å²) in [7, 11) is -3.70. The predicted octanol–water partition coefficient (Wildman–Crippen LogP) is 3.66. The van der Waals surface area contributed by atoms with Gasteiger partial charge in [0.25, 0.3) is 0 Å². The van der Waals surface area contributed by atoms with Crippen LogP contribution < -0.4 is 4.72 Å². The molecule has 3 nitrogen and oxygen atoms in total. The van der Waals surface area contributed by atoms with Gasteiger partial charge in [0.2, 0.25) is 10.0 Å². The van der Waals surface area contributed by atoms with Crippen molar-refractivity contribution in [3.05, 3.63) is 70.5 Å². The molecule has 0 saturated heterocycles. The maximum atomic E-state index is 13.7. The molecule has 0 unspecified atom stereocenters. The van der Waals surface area contributed by atoms with Crippen LogP contribution in [0.2, 0.25) is 5.02 Å². The van der Waals surface area contributed by atoms with Crippen LogP contribution >= 0.6 is 11.6 Å². The van der Waals surface area contributed by atoms with Gasteiger partial charge in [0.1, 0.15) is 5.82 Å². The van der Waals surface area contributed by atoms with E-state index in [-0.39, 0.29) is 10.6 Å². The van der Waals surface area contributed by atoms with Crippen molar-refractivity contribution in [3.63, 3.8) is 0 Å². The smallest absolute Gasteiger partial charge is 0.212 e. The van der Waals surface area contributed by atoms with Crippen LogP contribution in [0, 0.1) is 5.82 Å². The zero-order chi connectivity index (χ0) is 15.5. The summed E-state index contributed by atoms with van der Waals surface area (Å²) in [5.74, 6) is -1.12. The number of nitrogens with one attached hydrogen (secondary N) is 1. The van der Waals surface area contributed by atoms with Gasteiger partial charge in [0, 0.05) is 16.6 Å². The number of rotatable bonds is 5. The van der Waals surface area contributed by atoms with E-state index in [1.54, 1.807) is 6.92 Å². The Labute approximate surface area is 128 Å². The van der Waals surface area contributed by atoms with Crippen LogP contribution in [0.3, 0.4) is 0 Å². The normalized spacial score (nSPS) is 13.1. The lowest BCUT2D eigenvalue weighted by Gasteiger charge is -2.15. The molecule has 2 rings (SSSR count). The second kappa shape index (κ2) is 6.56. The van der Waals surface area contributed by atoms with E-state index in [9.17, 15) is 12.8 Å². The van der Waals surface area contributed by atoms with Crippen molar-refractivity contribution in [2.45, 2.75) is 18.7 Å². The molecule has 2 aromatic rings. The van der Waals surface area contributed by atoms with Crippen LogP contribution in [-0.4, -0.2) is 8.42 Å². The molecule has 0 fully saturated rings. The molecule has 1 N–H and O–H groups in total. The fraction of sp³-hybridized carbons (Fsp3) is 0.200. The van der Waals surface area contributed by atoms with Crippen molar-refractivity contribution in [2.75, 3.05) is 0 Å². The molecule has 0 aromatic heterocycles. The maximum Gasteiger partial charge on any atom is 0.216 e. The number of hydrogen-bond acceptors (Lipinski definition) is 2. The fourth-order valence-corrected chi connectivity index (χ4v) is 3.72. The van der Waals surface area contributed by atoms with Crippen molar-refractivity contribution < 1.29 is 12.8 Å². The monoisotopic (exact) mass is 327 g/mol. The largest absolute Gasteiger partial charge is 0.216 e. The molecule has 0 saturated carbocycles. The molecular formula is C15H15ClFNO2S. The van der Waals surface area contributed by atoms with Crippen LogP contribution in [0.1, 0.15) is 24.1 Å². The Morgan fingerprint density at radius 2 is 1.81 bits per heavy atom. The standard InChI is InChI=1S/C15H15ClFNO2S/c1-11(12-6-3-2-4-7-12)18-21(19,20)10-13-14(16)8-5-9-15(13)17/h2-9,11,18H,10H2,1H3/t11-/m0/s1. The zero-order valence-corrected chi connectivity index (χ0v) is 13.0. The molecule has 0 aliphatic carbocycles. The van der Waals surface area contributed by atoms with Gasteiger partial charge in [-0.05, 0) is 24.6 Å². The Bertz CT molecular complexity index is 699. The molecule has 0 bridgehead atoms. The molecule has 1 atom stereocenters. The summed E-state index contributed by atoms with van der Waals surface area (Å²) in [6.45, 7) is 1.73. The summed E-state index contributed by atoms with van der Waals surface area (Å²) in [5.41, 5.74) is 0.813. The van der Waals surface area contributed by atoms with Gasteiger partial charge in [-0.15, -0.1) is 0 Å². The Morgan fingerprint density at radius 1 is 1.14 bits per heavy atom. The molecule has 112 valence electrons. The lowest BCUT2D eigenvalue weighted by atomic mass is 10.1. The van der Waals surface area contributed by atoms with Gasteiger partial charge in [-0.25, -0.2) is 17.5 Å². The van der Waals surface area contributed by atoms with Crippen LogP contribution in [0.15, 0.2) is 48.5 Å². The summed E-state index contributed by atoms with van der Waals surface area (Å²) in [6.07, 6.45) is 0. The van der Waals surface area contributed by atoms with E-state index in [1.165, 1.54) is 18.2 Å². The minimum absolute atomic E-state index is 0.0214. The molecule has 0 amide bonds. The van der Waals surface area contributed by atoms with Crippen molar-refractivity contribution >= 4 is 21.6 Å². The van der Waals surface area contributed by atoms with Gasteiger partial charge in [-0.3, -0.25) is 0 Å². The summed E-state index contributed by atoms with van der Waals surface area (Å²) >= 11 is 5.86. The first-order valence-corrected chi connectivity index (χ1v) is 8.40. The predicted molar refractivity (Wildman–Crippen MR) is 82.0 cm³/mol. The van der Waals surface area contributed by atoms with Crippen LogP contribution in [0.5, 0.6) is 0 Å². The topological polar surface area (TPSA) is 46.2 Å². The molecule has 0 spiro atoms. The summed E-state index contributed by atoms with van der Waals surface area (Å²) in [5, 5.41) is 0.104. The zero-order valence-electron chi connectivity index (χ0n) is 11.4. The maximum absolute atomic E-state index is 13.7. The van der Waals surface area contributed by atoms with Gasteiger partial charge >= 0.3 is 0 Å². The molecule has 0 heterocycles. The third-order valence-corrected chi connectivity index (χ3v) is 4.79. The highest BCUT2D eigenvalue weighted by Gasteiger charge is 2.20. The SMILES string of the molecule is C[C@H](NS(=O)(=O)Cc1c(F)cccc1Cl)c1ccccc1. The number of sulfonamides is 1. The van der Waals surface area contributed by atoms with Crippen molar-refractivity contribution in [2.24, 2.45) is 0 Å².